The van der Waals surface area contributed by atoms with Gasteiger partial charge in [0, 0.05) is 7.05 Å². The lowest BCUT2D eigenvalue weighted by atomic mass is 10.1. The summed E-state index contributed by atoms with van der Waals surface area (Å²) in [5, 5.41) is 19.0. The monoisotopic (exact) mass is 247 g/mol. The topological polar surface area (TPSA) is 116 Å². The average molecular weight is 247 g/mol. The van der Waals surface area contributed by atoms with E-state index >= 15 is 0 Å². The molecule has 0 bridgehead atoms. The van der Waals surface area contributed by atoms with Crippen molar-refractivity contribution in [1.82, 2.24) is 10.4 Å². The van der Waals surface area contributed by atoms with Crippen molar-refractivity contribution in [1.29, 1.82) is 0 Å². The molecule has 7 nitrogen and oxygen atoms in total. The van der Waals surface area contributed by atoms with Gasteiger partial charge in [-0.1, -0.05) is 0 Å². The van der Waals surface area contributed by atoms with Crippen molar-refractivity contribution in [2.75, 3.05) is 13.6 Å². The highest BCUT2D eigenvalue weighted by molar-refractivity contribution is 5.74. The Morgan fingerprint density at radius 1 is 1.29 bits per heavy atom. The van der Waals surface area contributed by atoms with Gasteiger partial charge in [0.05, 0.1) is 0 Å². The number of carbonyl (C=O) groups is 2. The number of hydrogen-bond donors (Lipinski definition) is 4. The summed E-state index contributed by atoms with van der Waals surface area (Å²) in [6.07, 6.45) is 1.86. The maximum Gasteiger partial charge on any atom is 0.322 e. The summed E-state index contributed by atoms with van der Waals surface area (Å²) in [4.78, 5) is 21.7. The van der Waals surface area contributed by atoms with Crippen molar-refractivity contribution < 1.29 is 19.8 Å². The Bertz CT molecular complexity index is 260. The molecule has 2 unspecified atom stereocenters. The predicted molar refractivity (Wildman–Crippen MR) is 62.3 cm³/mol. The Hall–Kier alpha value is -1.18. The van der Waals surface area contributed by atoms with E-state index in [-0.39, 0.29) is 0 Å². The number of unbranched alkanes of at least 4 members (excludes halogenated alkanes) is 1. The summed E-state index contributed by atoms with van der Waals surface area (Å²) in [6, 6.07) is -1.57. The molecule has 0 heterocycles. The highest BCUT2D eigenvalue weighted by Crippen LogP contribution is 2.03. The molecule has 7 heteroatoms. The van der Waals surface area contributed by atoms with E-state index < -0.39 is 24.0 Å². The molecule has 0 aliphatic rings. The Morgan fingerprint density at radius 2 is 1.88 bits per heavy atom. The SMILES string of the molecule is CC(C(=O)O)N(C)NC(CCCCN)C(=O)O. The summed E-state index contributed by atoms with van der Waals surface area (Å²) in [5.41, 5.74) is 7.99. The minimum atomic E-state index is -1.01. The molecule has 5 N–H and O–H groups in total. The molecule has 0 aliphatic carbocycles. The Morgan fingerprint density at radius 3 is 2.29 bits per heavy atom. The normalized spacial score (nSPS) is 14.6. The van der Waals surface area contributed by atoms with Crippen LogP contribution in [0.4, 0.5) is 0 Å². The lowest BCUT2D eigenvalue weighted by Crippen LogP contribution is -2.52. The van der Waals surface area contributed by atoms with Crippen LogP contribution in [0.15, 0.2) is 0 Å². The summed E-state index contributed by atoms with van der Waals surface area (Å²) in [6.45, 7) is 2.00. The molecule has 0 rings (SSSR count). The van der Waals surface area contributed by atoms with Crippen LogP contribution in [0.3, 0.4) is 0 Å². The quantitative estimate of drug-likeness (QED) is 0.320. The maximum absolute atomic E-state index is 11.0. The number of nitrogens with zero attached hydrogens (tertiary/aromatic N) is 1. The number of nitrogens with two attached hydrogens (primary N) is 1. The standard InChI is InChI=1S/C10H21N3O4/c1-7(9(14)15)13(2)12-8(10(16)17)5-3-4-6-11/h7-8,12H,3-6,11H2,1-2H3,(H,14,15)(H,16,17). The van der Waals surface area contributed by atoms with Gasteiger partial charge >= 0.3 is 11.9 Å². The molecule has 0 saturated heterocycles. The molecule has 0 aromatic carbocycles. The van der Waals surface area contributed by atoms with Gasteiger partial charge in [0.15, 0.2) is 0 Å². The minimum absolute atomic E-state index is 0.420. The van der Waals surface area contributed by atoms with Gasteiger partial charge in [-0.05, 0) is 32.7 Å². The summed E-state index contributed by atoms with van der Waals surface area (Å²) < 4.78 is 0. The fourth-order valence-electron chi connectivity index (χ4n) is 1.26. The van der Waals surface area contributed by atoms with E-state index in [1.165, 1.54) is 19.0 Å². The highest BCUT2D eigenvalue weighted by Gasteiger charge is 2.23. The molecule has 2 atom stereocenters. The Labute approximate surface area is 101 Å². The second-order valence-corrected chi connectivity index (χ2v) is 3.93. The summed E-state index contributed by atoms with van der Waals surface area (Å²) >= 11 is 0. The van der Waals surface area contributed by atoms with Gasteiger partial charge in [0.1, 0.15) is 12.1 Å². The molecule has 17 heavy (non-hydrogen) atoms. The van der Waals surface area contributed by atoms with Crippen LogP contribution in [0.5, 0.6) is 0 Å². The van der Waals surface area contributed by atoms with E-state index in [2.05, 4.69) is 5.43 Å². The third-order valence-corrected chi connectivity index (χ3v) is 2.54. The van der Waals surface area contributed by atoms with Crippen molar-refractivity contribution in [3.8, 4) is 0 Å². The van der Waals surface area contributed by atoms with Crippen LogP contribution in [-0.2, 0) is 9.59 Å². The number of carboxylic acid groups (broad SMARTS) is 2. The molecule has 0 fully saturated rings. The van der Waals surface area contributed by atoms with Crippen LogP contribution in [0.2, 0.25) is 0 Å². The van der Waals surface area contributed by atoms with Gasteiger partial charge in [-0.15, -0.1) is 0 Å². The number of likely N-dealkylation sites (N-methyl/N-ethyl adjacent to an activating group) is 1. The molecule has 0 aromatic heterocycles. The number of aliphatic carboxylic acids is 2. The second kappa shape index (κ2) is 7.99. The van der Waals surface area contributed by atoms with Crippen LogP contribution in [-0.4, -0.2) is 52.8 Å². The largest absolute Gasteiger partial charge is 0.480 e. The molecule has 0 aromatic rings. The van der Waals surface area contributed by atoms with Crippen molar-refractivity contribution in [3.05, 3.63) is 0 Å². The molecule has 0 radical (unpaired) electrons. The van der Waals surface area contributed by atoms with Crippen LogP contribution in [0.25, 0.3) is 0 Å². The summed E-state index contributed by atoms with van der Waals surface area (Å²) in [7, 11) is 1.51. The zero-order chi connectivity index (χ0) is 13.4. The molecular formula is C10H21N3O4. The van der Waals surface area contributed by atoms with Crippen LogP contribution < -0.4 is 11.2 Å². The zero-order valence-electron chi connectivity index (χ0n) is 10.2. The van der Waals surface area contributed by atoms with Crippen molar-refractivity contribution >= 4 is 11.9 Å². The smallest absolute Gasteiger partial charge is 0.322 e. The van der Waals surface area contributed by atoms with E-state index in [1.54, 1.807) is 0 Å². The first-order chi connectivity index (χ1) is 7.90. The van der Waals surface area contributed by atoms with E-state index in [4.69, 9.17) is 15.9 Å². The van der Waals surface area contributed by atoms with Crippen LogP contribution >= 0.6 is 0 Å². The number of nitrogens with one attached hydrogen (secondary N) is 1. The molecule has 100 valence electrons. The minimum Gasteiger partial charge on any atom is -0.480 e. The second-order valence-electron chi connectivity index (χ2n) is 3.93. The van der Waals surface area contributed by atoms with E-state index in [0.717, 1.165) is 6.42 Å². The predicted octanol–water partition coefficient (Wildman–Crippen LogP) is -0.522. The van der Waals surface area contributed by atoms with Crippen LogP contribution in [0.1, 0.15) is 26.2 Å². The Balaban J connectivity index is 4.24. The third kappa shape index (κ3) is 6.20. The molecule has 0 aliphatic heterocycles. The zero-order valence-corrected chi connectivity index (χ0v) is 10.2. The van der Waals surface area contributed by atoms with Gasteiger partial charge in [-0.25, -0.2) is 10.4 Å². The van der Waals surface area contributed by atoms with Crippen molar-refractivity contribution in [2.45, 2.75) is 38.3 Å². The lowest BCUT2D eigenvalue weighted by molar-refractivity contribution is -0.147. The molecular weight excluding hydrogens is 226 g/mol. The van der Waals surface area contributed by atoms with E-state index in [0.29, 0.717) is 19.4 Å². The number of hydrogen-bond acceptors (Lipinski definition) is 5. The molecule has 0 saturated carbocycles. The first kappa shape index (κ1) is 15.8. The van der Waals surface area contributed by atoms with Gasteiger partial charge < -0.3 is 15.9 Å². The van der Waals surface area contributed by atoms with E-state index in [1.807, 2.05) is 0 Å². The number of rotatable bonds is 9. The number of carboxylic acids is 2. The number of hydrazine groups is 1. The van der Waals surface area contributed by atoms with E-state index in [9.17, 15) is 9.59 Å². The molecule has 0 spiro atoms. The lowest BCUT2D eigenvalue weighted by Gasteiger charge is -2.26. The fraction of sp³-hybridized carbons (Fsp3) is 0.800. The van der Waals surface area contributed by atoms with Gasteiger partial charge in [-0.2, -0.15) is 0 Å². The van der Waals surface area contributed by atoms with Crippen molar-refractivity contribution in [3.63, 3.8) is 0 Å². The third-order valence-electron chi connectivity index (χ3n) is 2.54. The molecule has 0 amide bonds. The van der Waals surface area contributed by atoms with Crippen LogP contribution in [0, 0.1) is 0 Å². The summed E-state index contributed by atoms with van der Waals surface area (Å²) in [5.74, 6) is -2.00. The average Bonchev–Trinajstić information content (AvgIpc) is 2.26. The van der Waals surface area contributed by atoms with Gasteiger partial charge in [-0.3, -0.25) is 9.59 Å². The highest BCUT2D eigenvalue weighted by atomic mass is 16.4. The first-order valence-electron chi connectivity index (χ1n) is 5.54. The fourth-order valence-corrected chi connectivity index (χ4v) is 1.26. The maximum atomic E-state index is 11.0. The Kier molecular flexibility index (Phi) is 7.44. The van der Waals surface area contributed by atoms with Crippen molar-refractivity contribution in [2.24, 2.45) is 5.73 Å². The van der Waals surface area contributed by atoms with Gasteiger partial charge in [0.25, 0.3) is 0 Å². The first-order valence-corrected chi connectivity index (χ1v) is 5.54. The van der Waals surface area contributed by atoms with Gasteiger partial charge in [0.2, 0.25) is 0 Å².